The number of rotatable bonds is 5. The van der Waals surface area contributed by atoms with Gasteiger partial charge in [0.25, 0.3) is 0 Å². The lowest BCUT2D eigenvalue weighted by Gasteiger charge is -2.09. The number of nitrogens with zero attached hydrogens (tertiary/aromatic N) is 1. The zero-order valence-corrected chi connectivity index (χ0v) is 13.7. The lowest BCUT2D eigenvalue weighted by atomic mass is 9.97. The van der Waals surface area contributed by atoms with Crippen LogP contribution in [0.4, 0.5) is 0 Å². The predicted molar refractivity (Wildman–Crippen MR) is 87.2 cm³/mol. The summed E-state index contributed by atoms with van der Waals surface area (Å²) in [6.07, 6.45) is 1.50. The second kappa shape index (κ2) is 6.72. The predicted octanol–water partition coefficient (Wildman–Crippen LogP) is 4.06. The van der Waals surface area contributed by atoms with Crippen molar-refractivity contribution < 1.29 is 14.4 Å². The Bertz CT molecular complexity index is 697. The third kappa shape index (κ3) is 3.24. The Hall–Kier alpha value is -1.88. The maximum absolute atomic E-state index is 12.3. The van der Waals surface area contributed by atoms with Crippen molar-refractivity contribution in [3.8, 4) is 5.75 Å². The molecule has 1 atom stereocenters. The molecule has 0 amide bonds. The molecule has 0 bridgehead atoms. The first kappa shape index (κ1) is 15.5. The van der Waals surface area contributed by atoms with E-state index in [0.29, 0.717) is 5.56 Å². The molecule has 0 heterocycles. The number of carbonyl (C=O) groups is 1. The van der Waals surface area contributed by atoms with E-state index in [-0.39, 0.29) is 11.7 Å². The molecule has 4 nitrogen and oxygen atoms in total. The van der Waals surface area contributed by atoms with Gasteiger partial charge in [-0.05, 0) is 45.8 Å². The van der Waals surface area contributed by atoms with Crippen molar-refractivity contribution in [1.82, 2.24) is 0 Å². The summed E-state index contributed by atoms with van der Waals surface area (Å²) in [6, 6.07) is 9.40. The molecule has 2 aromatic rings. The van der Waals surface area contributed by atoms with E-state index in [1.807, 2.05) is 30.3 Å². The SMILES string of the molecule is CON=CC(C)C(=O)c1ccc2c(Br)c(OC)ccc2c1. The van der Waals surface area contributed by atoms with Gasteiger partial charge in [0.15, 0.2) is 5.78 Å². The largest absolute Gasteiger partial charge is 0.496 e. The molecule has 0 N–H and O–H groups in total. The summed E-state index contributed by atoms with van der Waals surface area (Å²) < 4.78 is 6.15. The number of halogens is 1. The highest BCUT2D eigenvalue weighted by Gasteiger charge is 2.15. The number of benzene rings is 2. The van der Waals surface area contributed by atoms with Crippen molar-refractivity contribution in [2.75, 3.05) is 14.2 Å². The number of methoxy groups -OCH3 is 1. The van der Waals surface area contributed by atoms with Gasteiger partial charge in [-0.15, -0.1) is 0 Å². The fraction of sp³-hybridized carbons (Fsp3) is 0.250. The van der Waals surface area contributed by atoms with Crippen LogP contribution in [0.3, 0.4) is 0 Å². The lowest BCUT2D eigenvalue weighted by Crippen LogP contribution is -2.12. The van der Waals surface area contributed by atoms with E-state index >= 15 is 0 Å². The zero-order chi connectivity index (χ0) is 15.4. The van der Waals surface area contributed by atoms with Gasteiger partial charge < -0.3 is 9.57 Å². The monoisotopic (exact) mass is 349 g/mol. The summed E-state index contributed by atoms with van der Waals surface area (Å²) in [4.78, 5) is 16.9. The molecule has 21 heavy (non-hydrogen) atoms. The van der Waals surface area contributed by atoms with Crippen LogP contribution < -0.4 is 4.74 Å². The van der Waals surface area contributed by atoms with Gasteiger partial charge in [-0.2, -0.15) is 0 Å². The molecule has 0 fully saturated rings. The highest BCUT2D eigenvalue weighted by Crippen LogP contribution is 2.33. The van der Waals surface area contributed by atoms with E-state index in [1.165, 1.54) is 13.3 Å². The minimum Gasteiger partial charge on any atom is -0.496 e. The molecular formula is C16H16BrNO3. The lowest BCUT2D eigenvalue weighted by molar-refractivity contribution is 0.0961. The molecule has 1 unspecified atom stereocenters. The second-order valence-electron chi connectivity index (χ2n) is 4.61. The van der Waals surface area contributed by atoms with Gasteiger partial charge in [0, 0.05) is 5.56 Å². The summed E-state index contributed by atoms with van der Waals surface area (Å²) >= 11 is 3.52. The quantitative estimate of drug-likeness (QED) is 0.464. The van der Waals surface area contributed by atoms with E-state index in [9.17, 15) is 4.79 Å². The van der Waals surface area contributed by atoms with E-state index in [4.69, 9.17) is 4.74 Å². The Balaban J connectivity index is 2.40. The first-order valence-corrected chi connectivity index (χ1v) is 7.25. The van der Waals surface area contributed by atoms with Crippen LogP contribution in [-0.4, -0.2) is 26.2 Å². The minimum absolute atomic E-state index is 0.00430. The molecule has 0 saturated heterocycles. The smallest absolute Gasteiger partial charge is 0.171 e. The van der Waals surface area contributed by atoms with Crippen LogP contribution in [0.15, 0.2) is 40.0 Å². The summed E-state index contributed by atoms with van der Waals surface area (Å²) in [5.41, 5.74) is 0.648. The number of fused-ring (bicyclic) bond motifs is 1. The molecule has 0 aromatic heterocycles. The third-order valence-corrected chi connectivity index (χ3v) is 4.04. The van der Waals surface area contributed by atoms with Crippen LogP contribution in [0.2, 0.25) is 0 Å². The van der Waals surface area contributed by atoms with Crippen molar-refractivity contribution in [3.63, 3.8) is 0 Å². The van der Waals surface area contributed by atoms with Crippen molar-refractivity contribution in [2.45, 2.75) is 6.92 Å². The van der Waals surface area contributed by atoms with Crippen LogP contribution in [0.25, 0.3) is 10.8 Å². The van der Waals surface area contributed by atoms with Gasteiger partial charge in [-0.1, -0.05) is 23.4 Å². The number of hydrogen-bond acceptors (Lipinski definition) is 4. The molecule has 110 valence electrons. The topological polar surface area (TPSA) is 47.9 Å². The van der Waals surface area contributed by atoms with Gasteiger partial charge in [0.2, 0.25) is 0 Å². The first-order valence-electron chi connectivity index (χ1n) is 6.45. The average molecular weight is 350 g/mol. The third-order valence-electron chi connectivity index (χ3n) is 3.23. The van der Waals surface area contributed by atoms with Gasteiger partial charge in [0.1, 0.15) is 12.9 Å². The molecule has 2 rings (SSSR count). The van der Waals surface area contributed by atoms with Crippen molar-refractivity contribution in [3.05, 3.63) is 40.4 Å². The average Bonchev–Trinajstić information content (AvgIpc) is 2.51. The summed E-state index contributed by atoms with van der Waals surface area (Å²) in [7, 11) is 3.08. The van der Waals surface area contributed by atoms with Crippen LogP contribution >= 0.6 is 15.9 Å². The Labute approximate surface area is 131 Å². The zero-order valence-electron chi connectivity index (χ0n) is 12.1. The second-order valence-corrected chi connectivity index (χ2v) is 5.40. The first-order chi connectivity index (χ1) is 10.1. The van der Waals surface area contributed by atoms with Gasteiger partial charge in [0.05, 0.1) is 23.7 Å². The van der Waals surface area contributed by atoms with Crippen LogP contribution in [0.1, 0.15) is 17.3 Å². The summed E-state index contributed by atoms with van der Waals surface area (Å²) in [5, 5.41) is 5.63. The fourth-order valence-corrected chi connectivity index (χ4v) is 2.72. The van der Waals surface area contributed by atoms with E-state index in [0.717, 1.165) is 21.0 Å². The highest BCUT2D eigenvalue weighted by atomic mass is 79.9. The summed E-state index contributed by atoms with van der Waals surface area (Å²) in [6.45, 7) is 1.79. The Morgan fingerprint density at radius 1 is 1.29 bits per heavy atom. The van der Waals surface area contributed by atoms with Crippen LogP contribution in [0, 0.1) is 5.92 Å². The van der Waals surface area contributed by atoms with Crippen LogP contribution in [0.5, 0.6) is 5.75 Å². The Kier molecular flexibility index (Phi) is 4.96. The van der Waals surface area contributed by atoms with Gasteiger partial charge in [-0.3, -0.25) is 4.79 Å². The Morgan fingerprint density at radius 2 is 2.05 bits per heavy atom. The fourth-order valence-electron chi connectivity index (χ4n) is 2.07. The van der Waals surface area contributed by atoms with Crippen molar-refractivity contribution in [2.24, 2.45) is 11.1 Å². The van der Waals surface area contributed by atoms with Gasteiger partial charge in [-0.25, -0.2) is 0 Å². The molecule has 0 aliphatic carbocycles. The van der Waals surface area contributed by atoms with E-state index in [1.54, 1.807) is 14.0 Å². The summed E-state index contributed by atoms with van der Waals surface area (Å²) in [5.74, 6) is 0.441. The van der Waals surface area contributed by atoms with Crippen molar-refractivity contribution >= 4 is 38.7 Å². The minimum atomic E-state index is -0.330. The normalized spacial score (nSPS) is 12.6. The van der Waals surface area contributed by atoms with Crippen LogP contribution in [-0.2, 0) is 4.84 Å². The molecule has 0 aliphatic rings. The maximum Gasteiger partial charge on any atom is 0.171 e. The molecule has 2 aromatic carbocycles. The standard InChI is InChI=1S/C16H16BrNO3/c1-10(9-18-21-3)16(19)12-4-6-13-11(8-12)5-7-14(20-2)15(13)17/h4-10H,1-3H3. The van der Waals surface area contributed by atoms with E-state index < -0.39 is 0 Å². The number of ketones is 1. The highest BCUT2D eigenvalue weighted by molar-refractivity contribution is 9.10. The molecule has 0 aliphatic heterocycles. The molecule has 5 heteroatoms. The molecule has 0 radical (unpaired) electrons. The molecule has 0 spiro atoms. The van der Waals surface area contributed by atoms with Gasteiger partial charge >= 0.3 is 0 Å². The Morgan fingerprint density at radius 3 is 2.71 bits per heavy atom. The van der Waals surface area contributed by atoms with E-state index in [2.05, 4.69) is 25.9 Å². The molecular weight excluding hydrogens is 334 g/mol. The molecule has 0 saturated carbocycles. The number of Topliss-reactive ketones (excluding diaryl/α,β-unsaturated/α-hetero) is 1. The number of ether oxygens (including phenoxy) is 1. The van der Waals surface area contributed by atoms with Crippen molar-refractivity contribution in [1.29, 1.82) is 0 Å². The number of hydrogen-bond donors (Lipinski definition) is 0. The number of carbonyl (C=O) groups excluding carboxylic acids is 1. The maximum atomic E-state index is 12.3. The number of oxime groups is 1.